The van der Waals surface area contributed by atoms with Crippen molar-refractivity contribution in [1.82, 2.24) is 24.9 Å². The van der Waals surface area contributed by atoms with Crippen LogP contribution in [0, 0.1) is 6.92 Å². The lowest BCUT2D eigenvalue weighted by molar-refractivity contribution is 0.653. The van der Waals surface area contributed by atoms with E-state index in [1.165, 1.54) is 24.0 Å². The predicted octanol–water partition coefficient (Wildman–Crippen LogP) is 1.71. The van der Waals surface area contributed by atoms with E-state index < -0.39 is 0 Å². The highest BCUT2D eigenvalue weighted by atomic mass is 15.3. The minimum atomic E-state index is 0.741. The van der Waals surface area contributed by atoms with Gasteiger partial charge in [0.2, 0.25) is 0 Å². The Bertz CT molecular complexity index is 550. The average molecular weight is 259 g/mol. The molecule has 1 aliphatic rings. The molecule has 0 aromatic carbocycles. The topological polar surface area (TPSA) is 47.7 Å². The van der Waals surface area contributed by atoms with Crippen molar-refractivity contribution < 1.29 is 0 Å². The lowest BCUT2D eigenvalue weighted by atomic mass is 10.2. The zero-order valence-electron chi connectivity index (χ0n) is 11.6. The molecule has 1 N–H and O–H groups in total. The van der Waals surface area contributed by atoms with Gasteiger partial charge in [-0.25, -0.2) is 0 Å². The fraction of sp³-hybridized carbons (Fsp3) is 0.571. The summed E-state index contributed by atoms with van der Waals surface area (Å²) in [5, 5.41) is 12.4. The van der Waals surface area contributed by atoms with Crippen molar-refractivity contribution in [3.8, 4) is 0 Å². The van der Waals surface area contributed by atoms with Crippen molar-refractivity contribution in [2.75, 3.05) is 0 Å². The van der Waals surface area contributed by atoms with E-state index in [9.17, 15) is 0 Å². The molecular weight excluding hydrogens is 238 g/mol. The highest BCUT2D eigenvalue weighted by Crippen LogP contribution is 2.19. The van der Waals surface area contributed by atoms with Crippen LogP contribution in [0.4, 0.5) is 0 Å². The highest BCUT2D eigenvalue weighted by molar-refractivity contribution is 5.17. The van der Waals surface area contributed by atoms with Crippen LogP contribution in [0.25, 0.3) is 0 Å². The first-order valence-corrected chi connectivity index (χ1v) is 7.02. The zero-order chi connectivity index (χ0) is 13.2. The molecule has 0 atom stereocenters. The number of hydrogen-bond donors (Lipinski definition) is 1. The van der Waals surface area contributed by atoms with Gasteiger partial charge in [0.15, 0.2) is 0 Å². The number of aryl methyl sites for hydroxylation is 2. The molecule has 0 unspecified atom stereocenters. The maximum Gasteiger partial charge on any atom is 0.0690 e. The van der Waals surface area contributed by atoms with Crippen LogP contribution in [0.3, 0.4) is 0 Å². The summed E-state index contributed by atoms with van der Waals surface area (Å²) in [5.74, 6) is 0. The Balaban J connectivity index is 1.65. The molecule has 19 heavy (non-hydrogen) atoms. The third kappa shape index (κ3) is 3.04. The molecule has 2 aromatic rings. The lowest BCUT2D eigenvalue weighted by Crippen LogP contribution is -2.15. The van der Waals surface area contributed by atoms with Crippen molar-refractivity contribution in [2.45, 2.75) is 52.4 Å². The van der Waals surface area contributed by atoms with Crippen molar-refractivity contribution in [3.63, 3.8) is 0 Å². The summed E-state index contributed by atoms with van der Waals surface area (Å²) >= 11 is 0. The zero-order valence-corrected chi connectivity index (χ0v) is 11.6. The Morgan fingerprint density at radius 2 is 2.16 bits per heavy atom. The molecule has 0 radical (unpaired) electrons. The number of hydrogen-bond acceptors (Lipinski definition) is 3. The largest absolute Gasteiger partial charge is 0.310 e. The highest BCUT2D eigenvalue weighted by Gasteiger charge is 2.20. The van der Waals surface area contributed by atoms with Gasteiger partial charge in [-0.2, -0.15) is 10.2 Å². The van der Waals surface area contributed by atoms with Crippen LogP contribution >= 0.6 is 0 Å². The molecule has 2 heterocycles. The van der Waals surface area contributed by atoms with Crippen LogP contribution in [-0.2, 0) is 19.6 Å². The van der Waals surface area contributed by atoms with Gasteiger partial charge in [0.05, 0.1) is 18.4 Å². The molecule has 0 bridgehead atoms. The molecule has 5 nitrogen and oxygen atoms in total. The lowest BCUT2D eigenvalue weighted by Gasteiger charge is -1.99. The molecule has 5 heteroatoms. The third-order valence-electron chi connectivity index (χ3n) is 3.56. The van der Waals surface area contributed by atoms with Gasteiger partial charge in [-0.1, -0.05) is 0 Å². The van der Waals surface area contributed by atoms with Crippen molar-refractivity contribution in [2.24, 2.45) is 0 Å². The first-order chi connectivity index (χ1) is 9.24. The maximum atomic E-state index is 4.58. The number of aromatic nitrogens is 4. The van der Waals surface area contributed by atoms with E-state index >= 15 is 0 Å². The summed E-state index contributed by atoms with van der Waals surface area (Å²) in [6.45, 7) is 6.82. The van der Waals surface area contributed by atoms with Gasteiger partial charge in [-0.3, -0.25) is 9.36 Å². The Morgan fingerprint density at radius 3 is 2.84 bits per heavy atom. The van der Waals surface area contributed by atoms with Gasteiger partial charge in [0, 0.05) is 42.7 Å². The summed E-state index contributed by atoms with van der Waals surface area (Å²) in [4.78, 5) is 0. The molecule has 102 valence electrons. The van der Waals surface area contributed by atoms with Gasteiger partial charge < -0.3 is 5.32 Å². The van der Waals surface area contributed by atoms with E-state index in [4.69, 9.17) is 0 Å². The Kier molecular flexibility index (Phi) is 3.38. The molecule has 2 aromatic heterocycles. The second kappa shape index (κ2) is 5.17. The standard InChI is InChI=1S/C14H21N5/c1-3-18-8-12(6-16-18)9-19-10-13(11(2)17-19)7-15-14-4-5-14/h6,8,10,14-15H,3-5,7,9H2,1-2H3. The monoisotopic (exact) mass is 259 g/mol. The molecule has 0 amide bonds. The summed E-state index contributed by atoms with van der Waals surface area (Å²) < 4.78 is 3.96. The molecule has 1 fully saturated rings. The molecule has 1 aliphatic carbocycles. The maximum absolute atomic E-state index is 4.58. The fourth-order valence-corrected chi connectivity index (χ4v) is 2.20. The average Bonchev–Trinajstić information content (AvgIpc) is 3.01. The quantitative estimate of drug-likeness (QED) is 0.859. The van der Waals surface area contributed by atoms with E-state index in [1.807, 2.05) is 15.6 Å². The second-order valence-electron chi connectivity index (χ2n) is 5.30. The normalized spacial score (nSPS) is 15.1. The Labute approximate surface area is 113 Å². The van der Waals surface area contributed by atoms with Gasteiger partial charge in [-0.15, -0.1) is 0 Å². The van der Waals surface area contributed by atoms with Crippen LogP contribution in [0.5, 0.6) is 0 Å². The van der Waals surface area contributed by atoms with E-state index in [1.54, 1.807) is 0 Å². The number of nitrogens with one attached hydrogen (secondary N) is 1. The van der Waals surface area contributed by atoms with Gasteiger partial charge in [0.25, 0.3) is 0 Å². The van der Waals surface area contributed by atoms with Crippen LogP contribution in [0.15, 0.2) is 18.6 Å². The van der Waals surface area contributed by atoms with Gasteiger partial charge in [0.1, 0.15) is 0 Å². The smallest absolute Gasteiger partial charge is 0.0690 e. The number of nitrogens with zero attached hydrogens (tertiary/aromatic N) is 4. The molecule has 0 spiro atoms. The van der Waals surface area contributed by atoms with Crippen LogP contribution in [0.2, 0.25) is 0 Å². The van der Waals surface area contributed by atoms with E-state index in [2.05, 4.69) is 41.8 Å². The molecule has 0 aliphatic heterocycles. The Morgan fingerprint density at radius 1 is 1.32 bits per heavy atom. The van der Waals surface area contributed by atoms with E-state index in [0.29, 0.717) is 0 Å². The van der Waals surface area contributed by atoms with Gasteiger partial charge in [-0.05, 0) is 26.7 Å². The van der Waals surface area contributed by atoms with Gasteiger partial charge >= 0.3 is 0 Å². The third-order valence-corrected chi connectivity index (χ3v) is 3.56. The van der Waals surface area contributed by atoms with E-state index in [0.717, 1.165) is 31.4 Å². The van der Waals surface area contributed by atoms with Crippen molar-refractivity contribution in [3.05, 3.63) is 35.4 Å². The van der Waals surface area contributed by atoms with Crippen LogP contribution in [0.1, 0.15) is 36.6 Å². The Hall–Kier alpha value is -1.62. The van der Waals surface area contributed by atoms with E-state index in [-0.39, 0.29) is 0 Å². The van der Waals surface area contributed by atoms with Crippen molar-refractivity contribution >= 4 is 0 Å². The summed E-state index contributed by atoms with van der Waals surface area (Å²) in [5.41, 5.74) is 3.62. The summed E-state index contributed by atoms with van der Waals surface area (Å²) in [6.07, 6.45) is 8.79. The summed E-state index contributed by atoms with van der Waals surface area (Å²) in [6, 6.07) is 0.741. The first-order valence-electron chi connectivity index (χ1n) is 7.02. The minimum Gasteiger partial charge on any atom is -0.310 e. The second-order valence-corrected chi connectivity index (χ2v) is 5.30. The molecular formula is C14H21N5. The summed E-state index contributed by atoms with van der Waals surface area (Å²) in [7, 11) is 0. The predicted molar refractivity (Wildman–Crippen MR) is 73.8 cm³/mol. The SMILES string of the molecule is CCn1cc(Cn2cc(CNC3CC3)c(C)n2)cn1. The fourth-order valence-electron chi connectivity index (χ4n) is 2.20. The number of rotatable bonds is 6. The van der Waals surface area contributed by atoms with Crippen LogP contribution < -0.4 is 5.32 Å². The molecule has 3 rings (SSSR count). The molecule has 0 saturated heterocycles. The minimum absolute atomic E-state index is 0.741. The van der Waals surface area contributed by atoms with Crippen molar-refractivity contribution in [1.29, 1.82) is 0 Å². The molecule has 1 saturated carbocycles. The first kappa shape index (κ1) is 12.4. The van der Waals surface area contributed by atoms with Crippen LogP contribution in [-0.4, -0.2) is 25.6 Å².